The van der Waals surface area contributed by atoms with Gasteiger partial charge in [-0.2, -0.15) is 0 Å². The lowest BCUT2D eigenvalue weighted by atomic mass is 10.1. The van der Waals surface area contributed by atoms with Crippen LogP contribution in [0.5, 0.6) is 5.75 Å². The highest BCUT2D eigenvalue weighted by Crippen LogP contribution is 2.56. The lowest BCUT2D eigenvalue weighted by molar-refractivity contribution is 0.112. The Morgan fingerprint density at radius 3 is 2.71 bits per heavy atom. The molecule has 2 aromatic rings. The van der Waals surface area contributed by atoms with E-state index in [4.69, 9.17) is 4.74 Å². The summed E-state index contributed by atoms with van der Waals surface area (Å²) in [6, 6.07) is 3.88. The molecule has 3 nitrogen and oxygen atoms in total. The second kappa shape index (κ2) is 5.02. The number of hydrogen-bond donors (Lipinski definition) is 0. The summed E-state index contributed by atoms with van der Waals surface area (Å²) in [5.41, 5.74) is 2.84. The SMILES string of the molecule is COc1cc(C)c2c(ccn2P(P)P)c1C=O. The highest BCUT2D eigenvalue weighted by atomic mass is 32.4. The van der Waals surface area contributed by atoms with Gasteiger partial charge in [0.1, 0.15) is 5.75 Å². The summed E-state index contributed by atoms with van der Waals surface area (Å²) in [6.45, 7) is 2.03. The number of carbonyl (C=O) groups excluding carboxylic acids is 1. The Bertz CT molecular complexity index is 578. The van der Waals surface area contributed by atoms with Crippen molar-refractivity contribution in [3.63, 3.8) is 0 Å². The zero-order valence-electron chi connectivity index (χ0n) is 9.68. The van der Waals surface area contributed by atoms with Crippen molar-refractivity contribution in [2.24, 2.45) is 0 Å². The number of aldehydes is 1. The molecule has 0 saturated carbocycles. The average Bonchev–Trinajstić information content (AvgIpc) is 2.73. The van der Waals surface area contributed by atoms with Crippen LogP contribution >= 0.6 is 25.3 Å². The van der Waals surface area contributed by atoms with E-state index in [9.17, 15) is 4.79 Å². The molecule has 0 amide bonds. The van der Waals surface area contributed by atoms with Crippen LogP contribution in [0.4, 0.5) is 0 Å². The summed E-state index contributed by atoms with van der Waals surface area (Å²) in [6.07, 6.45) is 2.87. The van der Waals surface area contributed by atoms with E-state index in [-0.39, 0.29) is 0 Å². The van der Waals surface area contributed by atoms with Gasteiger partial charge in [0.25, 0.3) is 0 Å². The maximum atomic E-state index is 11.2. The van der Waals surface area contributed by atoms with Gasteiger partial charge in [0.15, 0.2) is 6.29 Å². The molecule has 0 radical (unpaired) electrons. The molecule has 2 rings (SSSR count). The predicted octanol–water partition coefficient (Wildman–Crippen LogP) is 3.60. The minimum Gasteiger partial charge on any atom is -0.496 e. The first-order valence-corrected chi connectivity index (χ1v) is 9.57. The number of methoxy groups -OCH3 is 1. The summed E-state index contributed by atoms with van der Waals surface area (Å²) >= 11 is 0. The van der Waals surface area contributed by atoms with Crippen LogP contribution in [-0.4, -0.2) is 17.7 Å². The first-order chi connectivity index (χ1) is 8.10. The van der Waals surface area contributed by atoms with Gasteiger partial charge in [0.2, 0.25) is 0 Å². The number of aromatic nitrogens is 1. The van der Waals surface area contributed by atoms with E-state index in [1.54, 1.807) is 7.11 Å². The van der Waals surface area contributed by atoms with Gasteiger partial charge in [-0.3, -0.25) is 4.79 Å². The van der Waals surface area contributed by atoms with Crippen LogP contribution in [0.15, 0.2) is 18.3 Å². The van der Waals surface area contributed by atoms with Gasteiger partial charge in [-0.1, -0.05) is 17.9 Å². The molecule has 90 valence electrons. The Morgan fingerprint density at radius 1 is 1.47 bits per heavy atom. The van der Waals surface area contributed by atoms with Crippen LogP contribution in [0.2, 0.25) is 0 Å². The molecule has 2 unspecified atom stereocenters. The van der Waals surface area contributed by atoms with Crippen LogP contribution in [0.3, 0.4) is 0 Å². The third kappa shape index (κ3) is 2.13. The summed E-state index contributed by atoms with van der Waals surface area (Å²) < 4.78 is 7.42. The maximum absolute atomic E-state index is 11.2. The van der Waals surface area contributed by atoms with Gasteiger partial charge < -0.3 is 9.07 Å². The van der Waals surface area contributed by atoms with Crippen molar-refractivity contribution in [1.29, 1.82) is 0 Å². The zero-order valence-corrected chi connectivity index (χ0v) is 12.9. The molecular formula is C11H14NO2P3. The largest absolute Gasteiger partial charge is 0.496 e. The van der Waals surface area contributed by atoms with Crippen LogP contribution in [-0.2, 0) is 0 Å². The summed E-state index contributed by atoms with van der Waals surface area (Å²) in [5.74, 6) is 0.639. The van der Waals surface area contributed by atoms with Crippen molar-refractivity contribution in [2.45, 2.75) is 6.92 Å². The van der Waals surface area contributed by atoms with E-state index in [1.807, 2.05) is 25.3 Å². The summed E-state index contributed by atoms with van der Waals surface area (Å²) in [4.78, 5) is 11.2. The highest BCUT2D eigenvalue weighted by molar-refractivity contribution is 8.42. The topological polar surface area (TPSA) is 31.2 Å². The maximum Gasteiger partial charge on any atom is 0.154 e. The van der Waals surface area contributed by atoms with Gasteiger partial charge in [-0.15, -0.1) is 0 Å². The second-order valence-corrected chi connectivity index (χ2v) is 9.88. The van der Waals surface area contributed by atoms with Gasteiger partial charge in [-0.05, 0) is 24.6 Å². The molecule has 0 aliphatic rings. The van der Waals surface area contributed by atoms with E-state index >= 15 is 0 Å². The Balaban J connectivity index is 2.86. The molecule has 6 heteroatoms. The molecule has 17 heavy (non-hydrogen) atoms. The summed E-state index contributed by atoms with van der Waals surface area (Å²) in [5, 5.41) is 0.953. The number of fused-ring (bicyclic) bond motifs is 1. The molecule has 1 aromatic carbocycles. The van der Waals surface area contributed by atoms with Crippen molar-refractivity contribution in [3.8, 4) is 5.75 Å². The van der Waals surface area contributed by atoms with Crippen molar-refractivity contribution in [2.75, 3.05) is 7.11 Å². The standard InChI is InChI=1S/C11H14NO2P3/c1-7-5-10(14-2)9(6-13)8-3-4-12(11(7)8)17(15)16/h3-6H,15-16H2,1-2H3. The van der Waals surface area contributed by atoms with Crippen LogP contribution in [0, 0.1) is 6.92 Å². The molecule has 1 heterocycles. The van der Waals surface area contributed by atoms with Gasteiger partial charge >= 0.3 is 0 Å². The Hall–Kier alpha value is -0.480. The minimum absolute atomic E-state index is 0.413. The molecule has 0 N–H and O–H groups in total. The van der Waals surface area contributed by atoms with E-state index in [0.29, 0.717) is 11.3 Å². The number of nitrogens with zero attached hydrogens (tertiary/aromatic N) is 1. The molecule has 0 saturated heterocycles. The van der Waals surface area contributed by atoms with E-state index in [0.717, 1.165) is 22.8 Å². The van der Waals surface area contributed by atoms with Gasteiger partial charge in [-0.25, -0.2) is 0 Å². The predicted molar refractivity (Wildman–Crippen MR) is 80.4 cm³/mol. The van der Waals surface area contributed by atoms with E-state index < -0.39 is 7.45 Å². The Labute approximate surface area is 106 Å². The van der Waals surface area contributed by atoms with Crippen molar-refractivity contribution < 1.29 is 9.53 Å². The number of rotatable bonds is 3. The van der Waals surface area contributed by atoms with Crippen molar-refractivity contribution in [3.05, 3.63) is 29.5 Å². The fourth-order valence-corrected chi connectivity index (χ4v) is 3.86. The first-order valence-electron chi connectivity index (χ1n) is 5.03. The lowest BCUT2D eigenvalue weighted by Gasteiger charge is -2.13. The molecule has 0 aliphatic carbocycles. The normalized spacial score (nSPS) is 11.1. The number of aryl methyl sites for hydroxylation is 1. The fourth-order valence-electron chi connectivity index (χ4n) is 1.99. The first kappa shape index (κ1) is 13.0. The quantitative estimate of drug-likeness (QED) is 0.637. The third-order valence-corrected chi connectivity index (χ3v) is 5.05. The molecular weight excluding hydrogens is 271 g/mol. The van der Waals surface area contributed by atoms with Gasteiger partial charge in [0, 0.05) is 19.0 Å². The number of ether oxygens (including phenoxy) is 1. The zero-order chi connectivity index (χ0) is 12.6. The van der Waals surface area contributed by atoms with Crippen molar-refractivity contribution in [1.82, 2.24) is 4.34 Å². The summed E-state index contributed by atoms with van der Waals surface area (Å²) in [7, 11) is 6.74. The monoisotopic (exact) mass is 285 g/mol. The van der Waals surface area contributed by atoms with E-state index in [2.05, 4.69) is 22.2 Å². The molecule has 0 aliphatic heterocycles. The molecule has 0 fully saturated rings. The molecule has 0 bridgehead atoms. The number of hydrogen-bond acceptors (Lipinski definition) is 2. The smallest absolute Gasteiger partial charge is 0.154 e. The van der Waals surface area contributed by atoms with E-state index in [1.165, 1.54) is 0 Å². The second-order valence-electron chi connectivity index (χ2n) is 3.73. The van der Waals surface area contributed by atoms with Gasteiger partial charge in [0.05, 0.1) is 18.2 Å². The third-order valence-electron chi connectivity index (χ3n) is 2.73. The number of carbonyl (C=O) groups is 1. The molecule has 0 spiro atoms. The van der Waals surface area contributed by atoms with Crippen LogP contribution in [0.1, 0.15) is 15.9 Å². The van der Waals surface area contributed by atoms with Crippen LogP contribution < -0.4 is 4.74 Å². The average molecular weight is 285 g/mol. The Morgan fingerprint density at radius 2 is 2.18 bits per heavy atom. The highest BCUT2D eigenvalue weighted by Gasteiger charge is 2.14. The number of benzene rings is 1. The molecule has 1 aromatic heterocycles. The van der Waals surface area contributed by atoms with Crippen LogP contribution in [0.25, 0.3) is 10.9 Å². The molecule has 2 atom stereocenters. The van der Waals surface area contributed by atoms with Crippen molar-refractivity contribution >= 4 is 42.5 Å². The minimum atomic E-state index is -0.413. The fraction of sp³-hybridized carbons (Fsp3) is 0.182. The Kier molecular flexibility index (Phi) is 3.83. The lowest BCUT2D eigenvalue weighted by Crippen LogP contribution is -1.94.